The zero-order chi connectivity index (χ0) is 20.4. The first-order chi connectivity index (χ1) is 13.2. The maximum Gasteiger partial charge on any atom is 0.294 e. The summed E-state index contributed by atoms with van der Waals surface area (Å²) >= 11 is 12.4. The molecule has 0 unspecified atom stereocenters. The normalized spacial score (nSPS) is 15.4. The maximum absolute atomic E-state index is 12.5. The third kappa shape index (κ3) is 4.49. The van der Waals surface area contributed by atoms with Crippen molar-refractivity contribution in [1.29, 1.82) is 0 Å². The summed E-state index contributed by atoms with van der Waals surface area (Å²) in [7, 11) is 0. The number of nitrogens with zero attached hydrogens (tertiary/aromatic N) is 1. The van der Waals surface area contributed by atoms with Crippen LogP contribution in [0.5, 0.6) is 5.75 Å². The fourth-order valence-corrected chi connectivity index (χ4v) is 3.78. The number of benzene rings is 2. The summed E-state index contributed by atoms with van der Waals surface area (Å²) in [4.78, 5) is 37.9. The highest BCUT2D eigenvalue weighted by atomic mass is 35.5. The third-order valence-electron chi connectivity index (χ3n) is 3.85. The second kappa shape index (κ2) is 8.26. The summed E-state index contributed by atoms with van der Waals surface area (Å²) in [5.74, 6) is -1.33. The lowest BCUT2D eigenvalue weighted by Crippen LogP contribution is -2.36. The van der Waals surface area contributed by atoms with Gasteiger partial charge in [-0.3, -0.25) is 19.3 Å². The van der Waals surface area contributed by atoms with E-state index >= 15 is 0 Å². The Bertz CT molecular complexity index is 982. The van der Waals surface area contributed by atoms with Gasteiger partial charge in [-0.2, -0.15) is 0 Å². The summed E-state index contributed by atoms with van der Waals surface area (Å²) in [6, 6.07) is 9.99. The van der Waals surface area contributed by atoms with E-state index in [-0.39, 0.29) is 20.7 Å². The van der Waals surface area contributed by atoms with Crippen LogP contribution in [0.1, 0.15) is 11.1 Å². The fourth-order valence-electron chi connectivity index (χ4n) is 2.44. The molecule has 9 heteroatoms. The van der Waals surface area contributed by atoms with Crippen molar-refractivity contribution in [3.05, 3.63) is 62.5 Å². The van der Waals surface area contributed by atoms with E-state index in [1.165, 1.54) is 18.2 Å². The molecule has 3 amide bonds. The Hall–Kier alpha value is -2.48. The van der Waals surface area contributed by atoms with Crippen molar-refractivity contribution < 1.29 is 19.5 Å². The van der Waals surface area contributed by atoms with E-state index in [0.717, 1.165) is 10.5 Å². The predicted octanol–water partition coefficient (Wildman–Crippen LogP) is 4.68. The summed E-state index contributed by atoms with van der Waals surface area (Å²) in [6.45, 7) is 1.53. The number of rotatable bonds is 4. The first-order valence-corrected chi connectivity index (χ1v) is 9.62. The van der Waals surface area contributed by atoms with E-state index in [0.29, 0.717) is 23.0 Å². The van der Waals surface area contributed by atoms with Crippen LogP contribution in [0.2, 0.25) is 10.0 Å². The van der Waals surface area contributed by atoms with E-state index in [1.54, 1.807) is 12.1 Å². The summed E-state index contributed by atoms with van der Waals surface area (Å²) in [5.41, 5.74) is 2.07. The van der Waals surface area contributed by atoms with Crippen molar-refractivity contribution >= 4 is 63.8 Å². The number of aryl methyl sites for hydroxylation is 1. The van der Waals surface area contributed by atoms with Gasteiger partial charge in [-0.1, -0.05) is 40.9 Å². The Balaban J connectivity index is 1.72. The molecule has 1 fully saturated rings. The van der Waals surface area contributed by atoms with Crippen LogP contribution >= 0.6 is 35.0 Å². The summed E-state index contributed by atoms with van der Waals surface area (Å²) < 4.78 is 0. The average Bonchev–Trinajstić information content (AvgIpc) is 2.89. The molecule has 2 N–H and O–H groups in total. The van der Waals surface area contributed by atoms with E-state index in [2.05, 4.69) is 5.32 Å². The minimum atomic E-state index is -0.589. The van der Waals surface area contributed by atoms with Crippen molar-refractivity contribution in [2.75, 3.05) is 11.9 Å². The lowest BCUT2D eigenvalue weighted by molar-refractivity contribution is -0.127. The number of phenols is 1. The van der Waals surface area contributed by atoms with E-state index < -0.39 is 23.6 Å². The number of hydrogen-bond acceptors (Lipinski definition) is 5. The Labute approximate surface area is 175 Å². The van der Waals surface area contributed by atoms with Gasteiger partial charge in [0.1, 0.15) is 6.54 Å². The molecule has 1 heterocycles. The zero-order valence-corrected chi connectivity index (χ0v) is 16.9. The molecule has 2 aromatic rings. The number of imide groups is 1. The monoisotopic (exact) mass is 436 g/mol. The highest BCUT2D eigenvalue weighted by molar-refractivity contribution is 8.18. The Morgan fingerprint density at radius 3 is 2.39 bits per heavy atom. The number of anilines is 1. The van der Waals surface area contributed by atoms with Crippen molar-refractivity contribution in [1.82, 2.24) is 4.90 Å². The van der Waals surface area contributed by atoms with Gasteiger partial charge < -0.3 is 10.4 Å². The fraction of sp³-hybridized carbons (Fsp3) is 0.105. The second-order valence-corrected chi connectivity index (χ2v) is 7.82. The second-order valence-electron chi connectivity index (χ2n) is 6.02. The molecule has 0 atom stereocenters. The zero-order valence-electron chi connectivity index (χ0n) is 14.5. The summed E-state index contributed by atoms with van der Waals surface area (Å²) in [6.07, 6.45) is 1.43. The van der Waals surface area contributed by atoms with Gasteiger partial charge in [0.25, 0.3) is 11.1 Å². The molecule has 1 aliphatic heterocycles. The Kier molecular flexibility index (Phi) is 5.98. The first-order valence-electron chi connectivity index (χ1n) is 8.04. The maximum atomic E-state index is 12.5. The molecule has 28 heavy (non-hydrogen) atoms. The van der Waals surface area contributed by atoms with Crippen LogP contribution in [-0.4, -0.2) is 33.6 Å². The molecule has 3 rings (SSSR count). The quantitative estimate of drug-likeness (QED) is 0.679. The number of carbonyl (C=O) groups is 3. The average molecular weight is 437 g/mol. The standard InChI is InChI=1S/C19H14Cl2N2O4S/c1-10-2-4-12(5-3-10)22-16(24)9-23-18(26)15(28-19(23)27)8-11-6-13(20)17(25)14(21)7-11/h2-8,25H,9H2,1H3,(H,22,24)/b15-8+. The SMILES string of the molecule is Cc1ccc(NC(=O)CN2C(=O)S/C(=C/c3cc(Cl)c(O)c(Cl)c3)C2=O)cc1. The molecule has 1 saturated heterocycles. The third-order valence-corrected chi connectivity index (χ3v) is 5.33. The van der Waals surface area contributed by atoms with Gasteiger partial charge in [0.05, 0.1) is 15.0 Å². The Morgan fingerprint density at radius 2 is 1.79 bits per heavy atom. The van der Waals surface area contributed by atoms with Crippen LogP contribution in [0.15, 0.2) is 41.3 Å². The molecular weight excluding hydrogens is 423 g/mol. The van der Waals surface area contributed by atoms with Crippen LogP contribution in [-0.2, 0) is 9.59 Å². The summed E-state index contributed by atoms with van der Waals surface area (Å²) in [5, 5.41) is 11.7. The number of carbonyl (C=O) groups excluding carboxylic acids is 3. The highest BCUT2D eigenvalue weighted by Gasteiger charge is 2.36. The van der Waals surface area contributed by atoms with Crippen LogP contribution in [0, 0.1) is 6.92 Å². The molecule has 2 aromatic carbocycles. The molecule has 0 aromatic heterocycles. The van der Waals surface area contributed by atoms with Gasteiger partial charge in [0.15, 0.2) is 5.75 Å². The topological polar surface area (TPSA) is 86.7 Å². The van der Waals surface area contributed by atoms with E-state index in [9.17, 15) is 19.5 Å². The lowest BCUT2D eigenvalue weighted by Gasteiger charge is -2.12. The predicted molar refractivity (Wildman–Crippen MR) is 111 cm³/mol. The number of hydrogen-bond donors (Lipinski definition) is 2. The number of thioether (sulfide) groups is 1. The van der Waals surface area contributed by atoms with E-state index in [4.69, 9.17) is 23.2 Å². The van der Waals surface area contributed by atoms with Crippen LogP contribution < -0.4 is 5.32 Å². The van der Waals surface area contributed by atoms with Crippen molar-refractivity contribution in [2.45, 2.75) is 6.92 Å². The van der Waals surface area contributed by atoms with Crippen molar-refractivity contribution in [2.24, 2.45) is 0 Å². The van der Waals surface area contributed by atoms with Gasteiger partial charge in [-0.25, -0.2) is 0 Å². The van der Waals surface area contributed by atoms with Crippen molar-refractivity contribution in [3.8, 4) is 5.75 Å². The van der Waals surface area contributed by atoms with Gasteiger partial charge >= 0.3 is 0 Å². The minimum absolute atomic E-state index is 0.0236. The number of amides is 3. The van der Waals surface area contributed by atoms with Crippen LogP contribution in [0.3, 0.4) is 0 Å². The van der Waals surface area contributed by atoms with Gasteiger partial charge in [-0.15, -0.1) is 0 Å². The van der Waals surface area contributed by atoms with Crippen LogP contribution in [0.4, 0.5) is 10.5 Å². The molecule has 0 saturated carbocycles. The molecule has 0 aliphatic carbocycles. The first kappa shape index (κ1) is 20.3. The number of nitrogens with one attached hydrogen (secondary N) is 1. The van der Waals surface area contributed by atoms with Gasteiger partial charge in [-0.05, 0) is 54.6 Å². The molecule has 0 spiro atoms. The number of halogens is 2. The van der Waals surface area contributed by atoms with Crippen molar-refractivity contribution in [3.63, 3.8) is 0 Å². The van der Waals surface area contributed by atoms with Crippen LogP contribution in [0.25, 0.3) is 6.08 Å². The number of phenolic OH excluding ortho intramolecular Hbond substituents is 1. The molecule has 6 nitrogen and oxygen atoms in total. The highest BCUT2D eigenvalue weighted by Crippen LogP contribution is 2.36. The lowest BCUT2D eigenvalue weighted by atomic mass is 10.2. The molecule has 1 aliphatic rings. The largest absolute Gasteiger partial charge is 0.505 e. The van der Waals surface area contributed by atoms with Gasteiger partial charge in [0.2, 0.25) is 5.91 Å². The smallest absolute Gasteiger partial charge is 0.294 e. The van der Waals surface area contributed by atoms with E-state index in [1.807, 2.05) is 19.1 Å². The van der Waals surface area contributed by atoms with Gasteiger partial charge in [0, 0.05) is 5.69 Å². The number of aromatic hydroxyl groups is 1. The molecule has 0 bridgehead atoms. The Morgan fingerprint density at radius 1 is 1.18 bits per heavy atom. The minimum Gasteiger partial charge on any atom is -0.505 e. The molecular formula is C19H14Cl2N2O4S. The molecule has 0 radical (unpaired) electrons. The molecule has 144 valence electrons.